The molecule has 0 aliphatic rings. The zero-order chi connectivity index (χ0) is 10.4. The van der Waals surface area contributed by atoms with Gasteiger partial charge in [-0.05, 0) is 36.5 Å². The number of rotatable bonds is 5. The lowest BCUT2D eigenvalue weighted by atomic mass is 9.97. The highest BCUT2D eigenvalue weighted by molar-refractivity contribution is 9.09. The third-order valence-corrected chi connectivity index (χ3v) is 3.27. The summed E-state index contributed by atoms with van der Waals surface area (Å²) in [4.78, 5) is 0. The monoisotopic (exact) mass is 258 g/mol. The normalized spacial score (nSPS) is 12.8. The summed E-state index contributed by atoms with van der Waals surface area (Å²) in [6.45, 7) is 2.19. The van der Waals surface area contributed by atoms with Crippen molar-refractivity contribution in [3.05, 3.63) is 35.6 Å². The van der Waals surface area contributed by atoms with E-state index >= 15 is 0 Å². The third kappa shape index (κ3) is 3.79. The van der Waals surface area contributed by atoms with Crippen LogP contribution >= 0.6 is 15.9 Å². The highest BCUT2D eigenvalue weighted by atomic mass is 79.9. The Morgan fingerprint density at radius 1 is 1.29 bits per heavy atom. The van der Waals surface area contributed by atoms with Gasteiger partial charge in [0.25, 0.3) is 0 Å². The van der Waals surface area contributed by atoms with E-state index in [1.807, 2.05) is 12.1 Å². The molecule has 1 atom stereocenters. The van der Waals surface area contributed by atoms with Gasteiger partial charge in [0.15, 0.2) is 0 Å². The van der Waals surface area contributed by atoms with Gasteiger partial charge in [0, 0.05) is 5.33 Å². The largest absolute Gasteiger partial charge is 0.207 e. The predicted octanol–water partition coefficient (Wildman–Crippen LogP) is 4.18. The summed E-state index contributed by atoms with van der Waals surface area (Å²) < 4.78 is 12.6. The van der Waals surface area contributed by atoms with Crippen molar-refractivity contribution in [3.63, 3.8) is 0 Å². The summed E-state index contributed by atoms with van der Waals surface area (Å²) in [7, 11) is 0. The number of alkyl halides is 1. The topological polar surface area (TPSA) is 0 Å². The van der Waals surface area contributed by atoms with Crippen LogP contribution in [0.5, 0.6) is 0 Å². The lowest BCUT2D eigenvalue weighted by Gasteiger charge is -2.12. The second-order valence-electron chi connectivity index (χ2n) is 3.64. The van der Waals surface area contributed by atoms with E-state index in [2.05, 4.69) is 22.9 Å². The van der Waals surface area contributed by atoms with Crippen LogP contribution in [0, 0.1) is 11.7 Å². The summed E-state index contributed by atoms with van der Waals surface area (Å²) in [5.41, 5.74) is 1.23. The second-order valence-corrected chi connectivity index (χ2v) is 4.29. The minimum Gasteiger partial charge on any atom is -0.207 e. The first kappa shape index (κ1) is 11.7. The van der Waals surface area contributed by atoms with Crippen LogP contribution in [0.15, 0.2) is 24.3 Å². The van der Waals surface area contributed by atoms with Gasteiger partial charge in [0.05, 0.1) is 0 Å². The Morgan fingerprint density at radius 2 is 1.93 bits per heavy atom. The fraction of sp³-hybridized carbons (Fsp3) is 0.500. The van der Waals surface area contributed by atoms with E-state index in [-0.39, 0.29) is 5.82 Å². The molecule has 14 heavy (non-hydrogen) atoms. The smallest absolute Gasteiger partial charge is 0.123 e. The maximum atomic E-state index is 12.6. The van der Waals surface area contributed by atoms with Crippen LogP contribution in [0.4, 0.5) is 4.39 Å². The Labute approximate surface area is 93.7 Å². The van der Waals surface area contributed by atoms with Crippen molar-refractivity contribution in [2.45, 2.75) is 26.2 Å². The molecule has 0 saturated heterocycles. The summed E-state index contributed by atoms with van der Waals surface area (Å²) in [5.74, 6) is 0.519. The number of halogens is 2. The molecule has 1 aromatic carbocycles. The first-order valence-electron chi connectivity index (χ1n) is 5.06. The van der Waals surface area contributed by atoms with Crippen LogP contribution in [0.1, 0.15) is 25.3 Å². The van der Waals surface area contributed by atoms with Gasteiger partial charge in [-0.1, -0.05) is 41.4 Å². The van der Waals surface area contributed by atoms with Crippen LogP contribution in [-0.2, 0) is 6.42 Å². The van der Waals surface area contributed by atoms with Gasteiger partial charge in [-0.25, -0.2) is 4.39 Å². The highest BCUT2D eigenvalue weighted by Gasteiger charge is 2.06. The molecule has 78 valence electrons. The van der Waals surface area contributed by atoms with Gasteiger partial charge < -0.3 is 0 Å². The van der Waals surface area contributed by atoms with E-state index in [0.717, 1.165) is 11.8 Å². The Balaban J connectivity index is 2.53. The molecule has 0 heterocycles. The van der Waals surface area contributed by atoms with Gasteiger partial charge >= 0.3 is 0 Å². The quantitative estimate of drug-likeness (QED) is 0.696. The molecule has 0 bridgehead atoms. The molecule has 0 aliphatic carbocycles. The minimum atomic E-state index is -0.153. The molecule has 0 nitrogen and oxygen atoms in total. The van der Waals surface area contributed by atoms with Crippen LogP contribution in [0.25, 0.3) is 0 Å². The molecule has 0 aliphatic heterocycles. The Morgan fingerprint density at radius 3 is 2.43 bits per heavy atom. The lowest BCUT2D eigenvalue weighted by molar-refractivity contribution is 0.533. The van der Waals surface area contributed by atoms with Crippen molar-refractivity contribution in [2.75, 3.05) is 5.33 Å². The van der Waals surface area contributed by atoms with Gasteiger partial charge in [-0.2, -0.15) is 0 Å². The lowest BCUT2D eigenvalue weighted by Crippen LogP contribution is -2.05. The van der Waals surface area contributed by atoms with Gasteiger partial charge in [0.1, 0.15) is 5.82 Å². The summed E-state index contributed by atoms with van der Waals surface area (Å²) in [5, 5.41) is 1.03. The molecule has 2 heteroatoms. The van der Waals surface area contributed by atoms with Crippen LogP contribution in [0.2, 0.25) is 0 Å². The van der Waals surface area contributed by atoms with Crippen molar-refractivity contribution in [1.29, 1.82) is 0 Å². The average Bonchev–Trinajstić information content (AvgIpc) is 2.20. The van der Waals surface area contributed by atoms with E-state index < -0.39 is 0 Å². The van der Waals surface area contributed by atoms with Crippen molar-refractivity contribution < 1.29 is 4.39 Å². The molecule has 0 N–H and O–H groups in total. The first-order valence-corrected chi connectivity index (χ1v) is 6.18. The van der Waals surface area contributed by atoms with Crippen molar-refractivity contribution in [2.24, 2.45) is 5.92 Å². The van der Waals surface area contributed by atoms with Gasteiger partial charge in [0.2, 0.25) is 0 Å². The molecule has 1 rings (SSSR count). The van der Waals surface area contributed by atoms with E-state index in [1.54, 1.807) is 0 Å². The van der Waals surface area contributed by atoms with E-state index in [0.29, 0.717) is 5.92 Å². The Bertz CT molecular complexity index is 256. The molecule has 0 radical (unpaired) electrons. The van der Waals surface area contributed by atoms with Crippen LogP contribution in [-0.4, -0.2) is 5.33 Å². The molecule has 0 spiro atoms. The number of hydrogen-bond donors (Lipinski definition) is 0. The zero-order valence-electron chi connectivity index (χ0n) is 8.47. The van der Waals surface area contributed by atoms with E-state index in [1.165, 1.54) is 30.5 Å². The average molecular weight is 259 g/mol. The molecule has 1 unspecified atom stereocenters. The maximum Gasteiger partial charge on any atom is 0.123 e. The van der Waals surface area contributed by atoms with Gasteiger partial charge in [-0.15, -0.1) is 0 Å². The number of benzene rings is 1. The predicted molar refractivity (Wildman–Crippen MR) is 62.3 cm³/mol. The molecule has 0 saturated carbocycles. The molecular formula is C12H16BrF. The molecule has 0 fully saturated rings. The van der Waals surface area contributed by atoms with Crippen LogP contribution < -0.4 is 0 Å². The Hall–Kier alpha value is -0.370. The van der Waals surface area contributed by atoms with Crippen molar-refractivity contribution in [3.8, 4) is 0 Å². The SMILES string of the molecule is CCCC(CBr)Cc1ccc(F)cc1. The van der Waals surface area contributed by atoms with E-state index in [9.17, 15) is 4.39 Å². The molecule has 1 aromatic rings. The minimum absolute atomic E-state index is 0.153. The second kappa shape index (κ2) is 6.18. The molecule has 0 aromatic heterocycles. The summed E-state index contributed by atoms with van der Waals surface area (Å²) >= 11 is 3.51. The molecule has 0 amide bonds. The number of hydrogen-bond acceptors (Lipinski definition) is 0. The zero-order valence-corrected chi connectivity index (χ0v) is 10.1. The summed E-state index contributed by atoms with van der Waals surface area (Å²) in [6, 6.07) is 6.82. The first-order chi connectivity index (χ1) is 6.76. The molecular weight excluding hydrogens is 243 g/mol. The Kier molecular flexibility index (Phi) is 5.16. The van der Waals surface area contributed by atoms with E-state index in [4.69, 9.17) is 0 Å². The fourth-order valence-corrected chi connectivity index (χ4v) is 2.15. The fourth-order valence-electron chi connectivity index (χ4n) is 1.60. The van der Waals surface area contributed by atoms with Crippen molar-refractivity contribution in [1.82, 2.24) is 0 Å². The van der Waals surface area contributed by atoms with Crippen molar-refractivity contribution >= 4 is 15.9 Å². The third-order valence-electron chi connectivity index (χ3n) is 2.35. The standard InChI is InChI=1S/C12H16BrF/c1-2-3-11(9-13)8-10-4-6-12(14)7-5-10/h4-7,11H,2-3,8-9H2,1H3. The highest BCUT2D eigenvalue weighted by Crippen LogP contribution is 2.16. The van der Waals surface area contributed by atoms with Gasteiger partial charge in [-0.3, -0.25) is 0 Å². The maximum absolute atomic E-state index is 12.6. The summed E-state index contributed by atoms with van der Waals surface area (Å²) in [6.07, 6.45) is 3.47. The van der Waals surface area contributed by atoms with Crippen LogP contribution in [0.3, 0.4) is 0 Å².